The summed E-state index contributed by atoms with van der Waals surface area (Å²) in [7, 11) is -3.02. The molecule has 2 atom stereocenters. The minimum Gasteiger partial charge on any atom is -0.316 e. The number of nitrogens with one attached hydrogen (secondary N) is 2. The van der Waals surface area contributed by atoms with E-state index in [2.05, 4.69) is 17.0 Å². The van der Waals surface area contributed by atoms with Gasteiger partial charge in [0, 0.05) is 6.54 Å². The Balaban J connectivity index is 2.35. The molecule has 0 aromatic carbocycles. The van der Waals surface area contributed by atoms with Crippen molar-refractivity contribution < 1.29 is 8.42 Å². The zero-order valence-electron chi connectivity index (χ0n) is 9.62. The van der Waals surface area contributed by atoms with Gasteiger partial charge in [0.1, 0.15) is 0 Å². The molecule has 15 heavy (non-hydrogen) atoms. The topological polar surface area (TPSA) is 58.2 Å². The van der Waals surface area contributed by atoms with Crippen LogP contribution in [0.15, 0.2) is 0 Å². The van der Waals surface area contributed by atoms with E-state index in [1.54, 1.807) is 0 Å². The van der Waals surface area contributed by atoms with Gasteiger partial charge >= 0.3 is 0 Å². The van der Waals surface area contributed by atoms with Crippen LogP contribution in [0.1, 0.15) is 26.7 Å². The average Bonchev–Trinajstić information content (AvgIpc) is 2.16. The summed E-state index contributed by atoms with van der Waals surface area (Å²) in [5.74, 6) is 1.28. The van der Waals surface area contributed by atoms with Gasteiger partial charge in [-0.3, -0.25) is 0 Å². The highest BCUT2D eigenvalue weighted by Crippen LogP contribution is 2.17. The molecule has 90 valence electrons. The average molecular weight is 234 g/mol. The lowest BCUT2D eigenvalue weighted by molar-refractivity contribution is 0.274. The van der Waals surface area contributed by atoms with Crippen LogP contribution in [0.3, 0.4) is 0 Å². The van der Waals surface area contributed by atoms with E-state index in [9.17, 15) is 8.42 Å². The molecular weight excluding hydrogens is 212 g/mol. The van der Waals surface area contributed by atoms with E-state index < -0.39 is 10.0 Å². The van der Waals surface area contributed by atoms with Gasteiger partial charge in [-0.2, -0.15) is 0 Å². The van der Waals surface area contributed by atoms with Gasteiger partial charge in [0.15, 0.2) is 0 Å². The number of rotatable bonds is 5. The Hall–Kier alpha value is -0.130. The minimum absolute atomic E-state index is 0.242. The Kier molecular flexibility index (Phi) is 5.02. The van der Waals surface area contributed by atoms with Crippen molar-refractivity contribution in [2.24, 2.45) is 11.8 Å². The maximum atomic E-state index is 11.5. The summed E-state index contributed by atoms with van der Waals surface area (Å²) in [6, 6.07) is 0. The van der Waals surface area contributed by atoms with E-state index in [0.29, 0.717) is 24.8 Å². The highest BCUT2D eigenvalue weighted by Gasteiger charge is 2.22. The van der Waals surface area contributed by atoms with Crippen molar-refractivity contribution in [2.45, 2.75) is 26.7 Å². The van der Waals surface area contributed by atoms with E-state index in [1.807, 2.05) is 6.92 Å². The zero-order chi connectivity index (χ0) is 11.3. The lowest BCUT2D eigenvalue weighted by Gasteiger charge is -2.29. The molecule has 1 aliphatic heterocycles. The summed E-state index contributed by atoms with van der Waals surface area (Å²) in [6.07, 6.45) is 1.74. The number of piperidine rings is 1. The van der Waals surface area contributed by atoms with Crippen LogP contribution < -0.4 is 10.0 Å². The molecule has 2 N–H and O–H groups in total. The van der Waals surface area contributed by atoms with Crippen molar-refractivity contribution in [3.63, 3.8) is 0 Å². The molecule has 0 radical (unpaired) electrons. The Morgan fingerprint density at radius 3 is 2.80 bits per heavy atom. The quantitative estimate of drug-likeness (QED) is 0.731. The molecule has 1 aliphatic rings. The first-order valence-corrected chi connectivity index (χ1v) is 7.38. The van der Waals surface area contributed by atoms with Gasteiger partial charge in [0.2, 0.25) is 10.0 Å². The van der Waals surface area contributed by atoms with Crippen molar-refractivity contribution in [2.75, 3.05) is 25.4 Å². The van der Waals surface area contributed by atoms with Crippen LogP contribution in [-0.2, 0) is 10.0 Å². The maximum Gasteiger partial charge on any atom is 0.211 e. The summed E-state index contributed by atoms with van der Waals surface area (Å²) in [4.78, 5) is 0. The van der Waals surface area contributed by atoms with Crippen LogP contribution >= 0.6 is 0 Å². The van der Waals surface area contributed by atoms with E-state index in [1.165, 1.54) is 0 Å². The van der Waals surface area contributed by atoms with Gasteiger partial charge in [0.25, 0.3) is 0 Å². The molecule has 1 saturated heterocycles. The molecule has 4 nitrogen and oxygen atoms in total. The molecule has 0 saturated carbocycles. The van der Waals surface area contributed by atoms with Crippen LogP contribution in [-0.4, -0.2) is 33.8 Å². The van der Waals surface area contributed by atoms with Crippen molar-refractivity contribution in [3.8, 4) is 0 Å². The van der Waals surface area contributed by atoms with Gasteiger partial charge in [-0.1, -0.05) is 13.8 Å². The molecule has 0 amide bonds. The molecule has 2 unspecified atom stereocenters. The predicted molar refractivity (Wildman–Crippen MR) is 62.2 cm³/mol. The van der Waals surface area contributed by atoms with Crippen LogP contribution in [0.4, 0.5) is 0 Å². The Morgan fingerprint density at radius 1 is 1.47 bits per heavy atom. The molecule has 5 heteroatoms. The number of sulfonamides is 1. The third kappa shape index (κ3) is 4.49. The zero-order valence-corrected chi connectivity index (χ0v) is 10.4. The normalized spacial score (nSPS) is 27.9. The second-order valence-corrected chi connectivity index (χ2v) is 6.32. The smallest absolute Gasteiger partial charge is 0.211 e. The summed E-state index contributed by atoms with van der Waals surface area (Å²) in [6.45, 7) is 6.66. The lowest BCUT2D eigenvalue weighted by atomic mass is 9.88. The van der Waals surface area contributed by atoms with Crippen molar-refractivity contribution in [1.29, 1.82) is 0 Å². The second kappa shape index (κ2) is 5.82. The Bertz CT molecular complexity index is 277. The van der Waals surface area contributed by atoms with Crippen molar-refractivity contribution >= 4 is 10.0 Å². The first kappa shape index (κ1) is 12.9. The summed E-state index contributed by atoms with van der Waals surface area (Å²) in [5, 5.41) is 3.31. The molecule has 0 bridgehead atoms. The largest absolute Gasteiger partial charge is 0.316 e. The van der Waals surface area contributed by atoms with Crippen molar-refractivity contribution in [1.82, 2.24) is 10.0 Å². The minimum atomic E-state index is -3.02. The predicted octanol–water partition coefficient (Wildman–Crippen LogP) is 0.561. The van der Waals surface area contributed by atoms with Crippen molar-refractivity contribution in [3.05, 3.63) is 0 Å². The van der Waals surface area contributed by atoms with Gasteiger partial charge in [-0.05, 0) is 37.8 Å². The molecule has 1 fully saturated rings. The van der Waals surface area contributed by atoms with E-state index in [-0.39, 0.29) is 5.75 Å². The van der Waals surface area contributed by atoms with E-state index >= 15 is 0 Å². The molecule has 0 aromatic heterocycles. The summed E-state index contributed by atoms with van der Waals surface area (Å²) in [5.41, 5.74) is 0. The fourth-order valence-electron chi connectivity index (χ4n) is 1.95. The first-order valence-electron chi connectivity index (χ1n) is 5.73. The highest BCUT2D eigenvalue weighted by atomic mass is 32.2. The Morgan fingerprint density at radius 2 is 2.20 bits per heavy atom. The molecule has 0 spiro atoms. The van der Waals surface area contributed by atoms with Gasteiger partial charge in [0.05, 0.1) is 5.75 Å². The van der Waals surface area contributed by atoms with E-state index in [4.69, 9.17) is 0 Å². The molecule has 1 rings (SSSR count). The van der Waals surface area contributed by atoms with Gasteiger partial charge in [-0.15, -0.1) is 0 Å². The first-order chi connectivity index (χ1) is 7.05. The maximum absolute atomic E-state index is 11.5. The third-order valence-corrected chi connectivity index (χ3v) is 4.55. The van der Waals surface area contributed by atoms with Crippen LogP contribution in [0.5, 0.6) is 0 Å². The highest BCUT2D eigenvalue weighted by molar-refractivity contribution is 7.89. The fraction of sp³-hybridized carbons (Fsp3) is 1.00. The molecule has 0 aromatic rings. The molecular formula is C10H22N2O2S. The van der Waals surface area contributed by atoms with Gasteiger partial charge in [-0.25, -0.2) is 13.1 Å². The van der Waals surface area contributed by atoms with Gasteiger partial charge < -0.3 is 5.32 Å². The van der Waals surface area contributed by atoms with Crippen LogP contribution in [0, 0.1) is 11.8 Å². The lowest BCUT2D eigenvalue weighted by Crippen LogP contribution is -2.41. The number of hydrogen-bond acceptors (Lipinski definition) is 3. The Labute approximate surface area is 92.9 Å². The monoisotopic (exact) mass is 234 g/mol. The summed E-state index contributed by atoms with van der Waals surface area (Å²) < 4.78 is 25.6. The third-order valence-electron chi connectivity index (χ3n) is 3.00. The van der Waals surface area contributed by atoms with E-state index in [0.717, 1.165) is 19.5 Å². The van der Waals surface area contributed by atoms with Crippen LogP contribution in [0.25, 0.3) is 0 Å². The SMILES string of the molecule is CCCS(=O)(=O)NCC1CCNCC1C. The van der Waals surface area contributed by atoms with Crippen LogP contribution in [0.2, 0.25) is 0 Å². The standard InChI is InChI=1S/C10H22N2O2S/c1-3-6-15(13,14)12-8-10-4-5-11-7-9(10)2/h9-12H,3-8H2,1-2H3. The second-order valence-electron chi connectivity index (χ2n) is 4.40. The fourth-order valence-corrected chi connectivity index (χ4v) is 3.10. The summed E-state index contributed by atoms with van der Waals surface area (Å²) >= 11 is 0. The number of hydrogen-bond donors (Lipinski definition) is 2. The molecule has 1 heterocycles. The molecule has 0 aliphatic carbocycles.